The molecule has 0 aliphatic heterocycles. The number of aliphatic carboxylic acids is 2. The number of hydrogen-bond donors (Lipinski definition) is 3. The van der Waals surface area contributed by atoms with Gasteiger partial charge in [-0.25, -0.2) is 4.79 Å². The largest absolute Gasteiger partial charge is 0.481 e. The lowest BCUT2D eigenvalue weighted by atomic mass is 9.92. The van der Waals surface area contributed by atoms with Crippen LogP contribution in [0.2, 0.25) is 0 Å². The maximum Gasteiger partial charge on any atom is 0.330 e. The zero-order valence-corrected chi connectivity index (χ0v) is 8.67. The highest BCUT2D eigenvalue weighted by atomic mass is 16.4. The van der Waals surface area contributed by atoms with Crippen LogP contribution >= 0.6 is 0 Å². The molecule has 0 bridgehead atoms. The number of pyridine rings is 1. The number of hydrogen-bond acceptors (Lipinski definition) is 4. The van der Waals surface area contributed by atoms with Gasteiger partial charge in [0.25, 0.3) is 0 Å². The lowest BCUT2D eigenvalue weighted by molar-refractivity contribution is -0.150. The Balaban J connectivity index is 3.16. The van der Waals surface area contributed by atoms with Crippen molar-refractivity contribution in [1.82, 2.24) is 4.98 Å². The van der Waals surface area contributed by atoms with Crippen LogP contribution in [0.4, 0.5) is 0 Å². The van der Waals surface area contributed by atoms with Crippen LogP contribution in [-0.2, 0) is 15.1 Å². The third-order valence-corrected chi connectivity index (χ3v) is 2.18. The third kappa shape index (κ3) is 2.34. The van der Waals surface area contributed by atoms with Gasteiger partial charge >= 0.3 is 11.9 Å². The maximum absolute atomic E-state index is 11.0. The van der Waals surface area contributed by atoms with Gasteiger partial charge in [0.05, 0.1) is 12.1 Å². The first-order chi connectivity index (χ1) is 7.36. The normalized spacial score (nSPS) is 14.1. The summed E-state index contributed by atoms with van der Waals surface area (Å²) >= 11 is 0. The topological polar surface area (TPSA) is 114 Å². The zero-order chi connectivity index (χ0) is 12.3. The van der Waals surface area contributed by atoms with E-state index >= 15 is 0 Å². The Morgan fingerprint density at radius 1 is 1.44 bits per heavy atom. The fourth-order valence-electron chi connectivity index (χ4n) is 1.25. The molecule has 1 heterocycles. The number of carbonyl (C=O) groups is 2. The van der Waals surface area contributed by atoms with Gasteiger partial charge < -0.3 is 15.9 Å². The molecular weight excluding hydrogens is 212 g/mol. The summed E-state index contributed by atoms with van der Waals surface area (Å²) in [7, 11) is 0. The van der Waals surface area contributed by atoms with Crippen molar-refractivity contribution >= 4 is 11.9 Å². The number of carboxylic acids is 2. The molecular formula is C10H12N2O4. The molecule has 0 aromatic carbocycles. The highest BCUT2D eigenvalue weighted by Crippen LogP contribution is 2.20. The third-order valence-electron chi connectivity index (χ3n) is 2.18. The van der Waals surface area contributed by atoms with E-state index in [0.29, 0.717) is 0 Å². The summed E-state index contributed by atoms with van der Waals surface area (Å²) < 4.78 is 0. The Morgan fingerprint density at radius 2 is 2.06 bits per heavy atom. The van der Waals surface area contributed by atoms with Gasteiger partial charge in [0.15, 0.2) is 5.54 Å². The number of rotatable bonds is 4. The summed E-state index contributed by atoms with van der Waals surface area (Å²) in [4.78, 5) is 25.5. The number of nitrogens with zero attached hydrogens (tertiary/aromatic N) is 1. The van der Waals surface area contributed by atoms with E-state index in [4.69, 9.17) is 15.9 Å². The van der Waals surface area contributed by atoms with Crippen LogP contribution in [0, 0.1) is 6.92 Å². The lowest BCUT2D eigenvalue weighted by Gasteiger charge is -2.21. The van der Waals surface area contributed by atoms with Crippen molar-refractivity contribution in [2.24, 2.45) is 5.73 Å². The SMILES string of the molecule is Cc1ccc([C@](N)(CC(=O)O)C(=O)O)nc1. The molecule has 0 aliphatic carbocycles. The first-order valence-electron chi connectivity index (χ1n) is 4.53. The molecule has 6 heteroatoms. The predicted octanol–water partition coefficient (Wildman–Crippen LogP) is 0.103. The molecule has 86 valence electrons. The van der Waals surface area contributed by atoms with Gasteiger partial charge in [0.1, 0.15) is 0 Å². The number of aryl methyl sites for hydroxylation is 1. The van der Waals surface area contributed by atoms with E-state index in [1.807, 2.05) is 0 Å². The van der Waals surface area contributed by atoms with E-state index in [2.05, 4.69) is 4.98 Å². The molecule has 0 saturated heterocycles. The van der Waals surface area contributed by atoms with Crippen LogP contribution in [0.25, 0.3) is 0 Å². The fourth-order valence-corrected chi connectivity index (χ4v) is 1.25. The quantitative estimate of drug-likeness (QED) is 0.668. The molecule has 0 spiro atoms. The average Bonchev–Trinajstić information content (AvgIpc) is 2.17. The summed E-state index contributed by atoms with van der Waals surface area (Å²) in [5, 5.41) is 17.6. The molecule has 16 heavy (non-hydrogen) atoms. The molecule has 1 aromatic heterocycles. The van der Waals surface area contributed by atoms with Gasteiger partial charge in [-0.3, -0.25) is 9.78 Å². The van der Waals surface area contributed by atoms with Crippen LogP contribution in [-0.4, -0.2) is 27.1 Å². The Bertz CT molecular complexity index is 415. The monoisotopic (exact) mass is 224 g/mol. The van der Waals surface area contributed by atoms with Crippen molar-refractivity contribution in [2.75, 3.05) is 0 Å². The second-order valence-electron chi connectivity index (χ2n) is 3.57. The Morgan fingerprint density at radius 3 is 2.44 bits per heavy atom. The number of aromatic nitrogens is 1. The molecule has 0 amide bonds. The van der Waals surface area contributed by atoms with Crippen LogP contribution < -0.4 is 5.73 Å². The van der Waals surface area contributed by atoms with Crippen LogP contribution in [0.1, 0.15) is 17.7 Å². The molecule has 4 N–H and O–H groups in total. The number of nitrogens with two attached hydrogens (primary N) is 1. The van der Waals surface area contributed by atoms with Gasteiger partial charge in [-0.15, -0.1) is 0 Å². The van der Waals surface area contributed by atoms with E-state index < -0.39 is 23.9 Å². The lowest BCUT2D eigenvalue weighted by Crippen LogP contribution is -2.47. The molecule has 6 nitrogen and oxygen atoms in total. The number of carboxylic acid groups (broad SMARTS) is 2. The highest BCUT2D eigenvalue weighted by Gasteiger charge is 2.39. The summed E-state index contributed by atoms with van der Waals surface area (Å²) in [6.07, 6.45) is 0.736. The van der Waals surface area contributed by atoms with Crippen molar-refractivity contribution in [2.45, 2.75) is 18.9 Å². The van der Waals surface area contributed by atoms with E-state index in [1.165, 1.54) is 12.3 Å². The van der Waals surface area contributed by atoms with E-state index in [-0.39, 0.29) is 5.69 Å². The van der Waals surface area contributed by atoms with Crippen molar-refractivity contribution in [3.63, 3.8) is 0 Å². The summed E-state index contributed by atoms with van der Waals surface area (Å²) in [5.74, 6) is -2.70. The Kier molecular flexibility index (Phi) is 3.24. The molecule has 1 aromatic rings. The standard InChI is InChI=1S/C10H12N2O4/c1-6-2-3-7(12-5-6)10(11,9(15)16)4-8(13)14/h2-3,5H,4,11H2,1H3,(H,13,14)(H,15,16)/t10-/m1/s1. The van der Waals surface area contributed by atoms with Crippen LogP contribution in [0.15, 0.2) is 18.3 Å². The van der Waals surface area contributed by atoms with Gasteiger partial charge in [0.2, 0.25) is 0 Å². The van der Waals surface area contributed by atoms with E-state index in [9.17, 15) is 9.59 Å². The Hall–Kier alpha value is -1.95. The molecule has 0 fully saturated rings. The van der Waals surface area contributed by atoms with Gasteiger partial charge in [0, 0.05) is 6.20 Å². The fraction of sp³-hybridized carbons (Fsp3) is 0.300. The minimum atomic E-state index is -1.99. The molecule has 0 saturated carbocycles. The molecule has 1 atom stereocenters. The average molecular weight is 224 g/mol. The predicted molar refractivity (Wildman–Crippen MR) is 54.7 cm³/mol. The van der Waals surface area contributed by atoms with Crippen molar-refractivity contribution < 1.29 is 19.8 Å². The first kappa shape index (κ1) is 12.1. The van der Waals surface area contributed by atoms with Gasteiger partial charge in [-0.05, 0) is 18.6 Å². The Labute approximate surface area is 91.7 Å². The van der Waals surface area contributed by atoms with Crippen LogP contribution in [0.3, 0.4) is 0 Å². The molecule has 0 aliphatic rings. The molecule has 1 rings (SSSR count). The van der Waals surface area contributed by atoms with Gasteiger partial charge in [-0.2, -0.15) is 0 Å². The summed E-state index contributed by atoms with van der Waals surface area (Å²) in [5.41, 5.74) is 4.46. The molecule has 0 radical (unpaired) electrons. The summed E-state index contributed by atoms with van der Waals surface area (Å²) in [6.45, 7) is 1.78. The minimum absolute atomic E-state index is 0.0352. The zero-order valence-electron chi connectivity index (χ0n) is 8.67. The van der Waals surface area contributed by atoms with Crippen molar-refractivity contribution in [3.05, 3.63) is 29.6 Å². The second-order valence-corrected chi connectivity index (χ2v) is 3.57. The first-order valence-corrected chi connectivity index (χ1v) is 4.53. The van der Waals surface area contributed by atoms with Gasteiger partial charge in [-0.1, -0.05) is 6.07 Å². The minimum Gasteiger partial charge on any atom is -0.481 e. The van der Waals surface area contributed by atoms with E-state index in [0.717, 1.165) is 5.56 Å². The van der Waals surface area contributed by atoms with E-state index in [1.54, 1.807) is 13.0 Å². The molecule has 0 unspecified atom stereocenters. The van der Waals surface area contributed by atoms with Crippen molar-refractivity contribution in [1.29, 1.82) is 0 Å². The second kappa shape index (κ2) is 4.28. The van der Waals surface area contributed by atoms with Crippen molar-refractivity contribution in [3.8, 4) is 0 Å². The highest BCUT2D eigenvalue weighted by molar-refractivity contribution is 5.85. The summed E-state index contributed by atoms with van der Waals surface area (Å²) in [6, 6.07) is 3.06. The van der Waals surface area contributed by atoms with Crippen LogP contribution in [0.5, 0.6) is 0 Å². The smallest absolute Gasteiger partial charge is 0.330 e. The maximum atomic E-state index is 11.0.